The zero-order chi connectivity index (χ0) is 24.0. The lowest BCUT2D eigenvalue weighted by atomic mass is 9.73. The van der Waals surface area contributed by atoms with Gasteiger partial charge in [0.1, 0.15) is 23.2 Å². The molecule has 7 nitrogen and oxygen atoms in total. The van der Waals surface area contributed by atoms with Gasteiger partial charge < -0.3 is 15.4 Å². The molecule has 0 saturated heterocycles. The number of rotatable bonds is 4. The molecule has 0 spiro atoms. The Labute approximate surface area is 198 Å². The van der Waals surface area contributed by atoms with Crippen LogP contribution in [0.3, 0.4) is 0 Å². The first kappa shape index (κ1) is 21.9. The van der Waals surface area contributed by atoms with Crippen LogP contribution in [0.4, 0.5) is 11.5 Å². The second-order valence-electron chi connectivity index (χ2n) is 9.81. The van der Waals surface area contributed by atoms with E-state index >= 15 is 0 Å². The molecule has 174 valence electrons. The van der Waals surface area contributed by atoms with Gasteiger partial charge in [0, 0.05) is 23.4 Å². The third kappa shape index (κ3) is 3.87. The summed E-state index contributed by atoms with van der Waals surface area (Å²) in [5.74, 6) is 1.18. The number of ether oxygens (including phenoxy) is 1. The molecule has 3 aromatic rings. The normalized spacial score (nSPS) is 18.6. The number of aryl methyl sites for hydroxylation is 1. The van der Waals surface area contributed by atoms with Crippen molar-refractivity contribution < 1.29 is 14.3 Å². The standard InChI is InChI=1S/C27H28N4O3/c1-16-5-9-18(10-6-16)29-26(33)20-15-28-31-24(17-7-11-19(34-4)12-8-17)23-21(30-25(20)31)13-27(2,3)14-22(23)32/h5-12,15,24,30H,13-14H2,1-4H3,(H,29,33)/t24-/m0/s1. The van der Waals surface area contributed by atoms with Crippen molar-refractivity contribution in [1.29, 1.82) is 0 Å². The van der Waals surface area contributed by atoms with Crippen molar-refractivity contribution in [1.82, 2.24) is 9.78 Å². The van der Waals surface area contributed by atoms with Crippen molar-refractivity contribution in [3.8, 4) is 5.75 Å². The largest absolute Gasteiger partial charge is 0.497 e. The molecule has 0 fully saturated rings. The summed E-state index contributed by atoms with van der Waals surface area (Å²) in [6.45, 7) is 6.19. The SMILES string of the molecule is COc1ccc([C@H]2C3=C(CC(C)(C)CC3=O)Nc3c(C(=O)Nc4ccc(C)cc4)cnn32)cc1. The summed E-state index contributed by atoms with van der Waals surface area (Å²) in [4.78, 5) is 26.5. The highest BCUT2D eigenvalue weighted by Gasteiger charge is 2.42. The highest BCUT2D eigenvalue weighted by atomic mass is 16.5. The van der Waals surface area contributed by atoms with Gasteiger partial charge in [-0.25, -0.2) is 4.68 Å². The Balaban J connectivity index is 1.58. The second-order valence-corrected chi connectivity index (χ2v) is 9.81. The minimum atomic E-state index is -0.415. The van der Waals surface area contributed by atoms with Gasteiger partial charge in [0.15, 0.2) is 5.78 Å². The number of allylic oxidation sites excluding steroid dienone is 2. The van der Waals surface area contributed by atoms with Crippen LogP contribution in [0.25, 0.3) is 0 Å². The number of carbonyl (C=O) groups excluding carboxylic acids is 2. The van der Waals surface area contributed by atoms with Crippen molar-refractivity contribution in [2.45, 2.75) is 39.7 Å². The van der Waals surface area contributed by atoms with Crippen molar-refractivity contribution >= 4 is 23.2 Å². The average molecular weight is 457 g/mol. The number of hydrogen-bond donors (Lipinski definition) is 2. The van der Waals surface area contributed by atoms with E-state index in [-0.39, 0.29) is 17.1 Å². The Morgan fingerprint density at radius 2 is 1.82 bits per heavy atom. The maximum atomic E-state index is 13.3. The van der Waals surface area contributed by atoms with Gasteiger partial charge in [-0.15, -0.1) is 0 Å². The zero-order valence-electron chi connectivity index (χ0n) is 19.8. The zero-order valence-corrected chi connectivity index (χ0v) is 19.8. The number of fused-ring (bicyclic) bond motifs is 1. The predicted molar refractivity (Wildman–Crippen MR) is 131 cm³/mol. The fourth-order valence-electron chi connectivity index (χ4n) is 4.81. The third-order valence-corrected chi connectivity index (χ3v) is 6.49. The number of amides is 1. The molecule has 34 heavy (non-hydrogen) atoms. The molecule has 1 amide bonds. The van der Waals surface area contributed by atoms with Crippen molar-refractivity contribution in [3.05, 3.63) is 82.7 Å². The summed E-state index contributed by atoms with van der Waals surface area (Å²) in [6, 6.07) is 14.9. The number of benzene rings is 2. The molecule has 1 aromatic heterocycles. The van der Waals surface area contributed by atoms with Gasteiger partial charge in [-0.05, 0) is 48.6 Å². The molecule has 7 heteroatoms. The van der Waals surface area contributed by atoms with Crippen molar-refractivity contribution in [2.75, 3.05) is 17.7 Å². The molecule has 2 N–H and O–H groups in total. The molecule has 2 aliphatic rings. The topological polar surface area (TPSA) is 85.2 Å². The van der Waals surface area contributed by atoms with E-state index in [2.05, 4.69) is 29.6 Å². The number of carbonyl (C=O) groups is 2. The lowest BCUT2D eigenvalue weighted by molar-refractivity contribution is -0.118. The fraction of sp³-hybridized carbons (Fsp3) is 0.296. The maximum Gasteiger partial charge on any atom is 0.261 e. The van der Waals surface area contributed by atoms with Crippen LogP contribution in [0.15, 0.2) is 66.0 Å². The number of hydrogen-bond acceptors (Lipinski definition) is 5. The molecule has 0 bridgehead atoms. The quantitative estimate of drug-likeness (QED) is 0.570. The van der Waals surface area contributed by atoms with Crippen LogP contribution in [-0.4, -0.2) is 28.6 Å². The Hall–Kier alpha value is -3.87. The lowest BCUT2D eigenvalue weighted by Crippen LogP contribution is -2.37. The van der Waals surface area contributed by atoms with Crippen LogP contribution < -0.4 is 15.4 Å². The highest BCUT2D eigenvalue weighted by Crippen LogP contribution is 2.46. The number of nitrogens with one attached hydrogen (secondary N) is 2. The Morgan fingerprint density at radius 3 is 2.50 bits per heavy atom. The fourth-order valence-corrected chi connectivity index (χ4v) is 4.81. The smallest absolute Gasteiger partial charge is 0.261 e. The van der Waals surface area contributed by atoms with Gasteiger partial charge in [0.2, 0.25) is 0 Å². The predicted octanol–water partition coefficient (Wildman–Crippen LogP) is 5.11. The number of anilines is 2. The Morgan fingerprint density at radius 1 is 1.12 bits per heavy atom. The first-order valence-electron chi connectivity index (χ1n) is 11.4. The van der Waals surface area contributed by atoms with Gasteiger partial charge in [-0.1, -0.05) is 43.7 Å². The maximum absolute atomic E-state index is 13.3. The van der Waals surface area contributed by atoms with Gasteiger partial charge in [-0.2, -0.15) is 5.10 Å². The number of methoxy groups -OCH3 is 1. The molecule has 1 aliphatic carbocycles. The Kier molecular flexibility index (Phi) is 5.27. The highest BCUT2D eigenvalue weighted by molar-refractivity contribution is 6.08. The first-order valence-corrected chi connectivity index (χ1v) is 11.4. The summed E-state index contributed by atoms with van der Waals surface area (Å²) in [5.41, 5.74) is 4.59. The van der Waals surface area contributed by atoms with E-state index in [1.165, 1.54) is 0 Å². The van der Waals surface area contributed by atoms with Crippen LogP contribution in [0.1, 0.15) is 54.2 Å². The lowest BCUT2D eigenvalue weighted by Gasteiger charge is -2.39. The minimum absolute atomic E-state index is 0.103. The second kappa shape index (κ2) is 8.17. The number of Topliss-reactive ketones (excluding diaryl/α,β-unsaturated/α-hetero) is 1. The number of ketones is 1. The summed E-state index contributed by atoms with van der Waals surface area (Å²) in [7, 11) is 1.62. The average Bonchev–Trinajstić information content (AvgIpc) is 3.22. The van der Waals surface area contributed by atoms with Crippen LogP contribution in [0.5, 0.6) is 5.75 Å². The number of nitrogens with zero attached hydrogens (tertiary/aromatic N) is 2. The van der Waals surface area contributed by atoms with E-state index in [0.29, 0.717) is 35.5 Å². The summed E-state index contributed by atoms with van der Waals surface area (Å²) in [5, 5.41) is 10.9. The monoisotopic (exact) mass is 456 g/mol. The van der Waals surface area contributed by atoms with E-state index in [1.807, 2.05) is 55.5 Å². The molecule has 0 radical (unpaired) electrons. The molecule has 5 rings (SSSR count). The molecular weight excluding hydrogens is 428 g/mol. The van der Waals surface area contributed by atoms with E-state index in [0.717, 1.165) is 22.6 Å². The van der Waals surface area contributed by atoms with Crippen LogP contribution in [0.2, 0.25) is 0 Å². The summed E-state index contributed by atoms with van der Waals surface area (Å²) < 4.78 is 7.06. The summed E-state index contributed by atoms with van der Waals surface area (Å²) in [6.07, 6.45) is 2.75. The number of aromatic nitrogens is 2. The minimum Gasteiger partial charge on any atom is -0.497 e. The molecule has 1 atom stereocenters. The van der Waals surface area contributed by atoms with Crippen molar-refractivity contribution in [3.63, 3.8) is 0 Å². The molecule has 0 saturated carbocycles. The van der Waals surface area contributed by atoms with E-state index in [9.17, 15) is 9.59 Å². The molecular formula is C27H28N4O3. The summed E-state index contributed by atoms with van der Waals surface area (Å²) >= 11 is 0. The molecule has 1 aliphatic heterocycles. The molecule has 2 heterocycles. The third-order valence-electron chi connectivity index (χ3n) is 6.49. The molecule has 0 unspecified atom stereocenters. The van der Waals surface area contributed by atoms with Gasteiger partial charge >= 0.3 is 0 Å². The van der Waals surface area contributed by atoms with Gasteiger partial charge in [-0.3, -0.25) is 9.59 Å². The van der Waals surface area contributed by atoms with Crippen LogP contribution in [-0.2, 0) is 4.79 Å². The van der Waals surface area contributed by atoms with Crippen LogP contribution >= 0.6 is 0 Å². The van der Waals surface area contributed by atoms with Crippen molar-refractivity contribution in [2.24, 2.45) is 5.41 Å². The molecule has 2 aromatic carbocycles. The van der Waals surface area contributed by atoms with Gasteiger partial charge in [0.05, 0.1) is 13.3 Å². The Bertz CT molecular complexity index is 1300. The van der Waals surface area contributed by atoms with E-state index in [4.69, 9.17) is 4.74 Å². The van der Waals surface area contributed by atoms with E-state index in [1.54, 1.807) is 18.0 Å². The first-order chi connectivity index (χ1) is 16.3. The van der Waals surface area contributed by atoms with Gasteiger partial charge in [0.25, 0.3) is 5.91 Å². The van der Waals surface area contributed by atoms with E-state index < -0.39 is 6.04 Å². The van der Waals surface area contributed by atoms with Crippen LogP contribution in [0, 0.1) is 12.3 Å².